The van der Waals surface area contributed by atoms with Gasteiger partial charge in [-0.05, 0) is 6.92 Å². The lowest BCUT2D eigenvalue weighted by Crippen LogP contribution is -2.62. The van der Waals surface area contributed by atoms with E-state index in [4.69, 9.17) is 23.7 Å². The number of ether oxygens (including phenoxy) is 5. The zero-order chi connectivity index (χ0) is 22.9. The summed E-state index contributed by atoms with van der Waals surface area (Å²) in [5, 5.41) is 79.3. The maximum atomic E-state index is 10.4. The number of aliphatic hydroxyl groups excluding tert-OH is 8. The van der Waals surface area contributed by atoms with E-state index in [2.05, 4.69) is 0 Å². The maximum absolute atomic E-state index is 10.4. The van der Waals surface area contributed by atoms with Crippen LogP contribution in [0.1, 0.15) is 19.8 Å². The second-order valence-corrected chi connectivity index (χ2v) is 8.12. The molecule has 3 fully saturated rings. The first-order valence-electron chi connectivity index (χ1n) is 10.2. The lowest BCUT2D eigenvalue weighted by atomic mass is 9.98. The van der Waals surface area contributed by atoms with Crippen LogP contribution in [0, 0.1) is 0 Å². The molecule has 0 amide bonds. The first-order chi connectivity index (χ1) is 14.7. The van der Waals surface area contributed by atoms with Crippen molar-refractivity contribution in [1.29, 1.82) is 0 Å². The van der Waals surface area contributed by atoms with Crippen LogP contribution in [-0.4, -0.2) is 134 Å². The monoisotopic (exact) mass is 456 g/mol. The van der Waals surface area contributed by atoms with Gasteiger partial charge in [0.05, 0.1) is 37.6 Å². The SMILES string of the molecule is C[C@H]1O[C@H](O[C@H]2C[C@@H](CO)O[C@H](O)[C@H]2O[C@H]2O[C@H](CO)[C@H](O)[C@H](O)[C@@H]2O)[C@H](O)C[C@H]1O. The van der Waals surface area contributed by atoms with Gasteiger partial charge in [0.1, 0.15) is 36.6 Å². The van der Waals surface area contributed by atoms with Crippen molar-refractivity contribution in [3.05, 3.63) is 0 Å². The largest absolute Gasteiger partial charge is 0.394 e. The fourth-order valence-electron chi connectivity index (χ4n) is 3.89. The zero-order valence-electron chi connectivity index (χ0n) is 17.0. The van der Waals surface area contributed by atoms with Gasteiger partial charge in [-0.15, -0.1) is 0 Å². The third kappa shape index (κ3) is 5.52. The second kappa shape index (κ2) is 10.6. The molecule has 3 heterocycles. The van der Waals surface area contributed by atoms with E-state index in [0.717, 1.165) is 0 Å². The fraction of sp³-hybridized carbons (Fsp3) is 1.00. The highest BCUT2D eigenvalue weighted by Crippen LogP contribution is 2.32. The van der Waals surface area contributed by atoms with Crippen LogP contribution in [0.25, 0.3) is 0 Å². The van der Waals surface area contributed by atoms with E-state index in [1.165, 1.54) is 0 Å². The molecule has 0 radical (unpaired) electrons. The Hall–Kier alpha value is -0.520. The molecular formula is C18H32O13. The minimum atomic E-state index is -1.71. The highest BCUT2D eigenvalue weighted by molar-refractivity contribution is 4.91. The average molecular weight is 456 g/mol. The quantitative estimate of drug-likeness (QED) is 0.190. The summed E-state index contributed by atoms with van der Waals surface area (Å²) in [5.41, 5.74) is 0. The highest BCUT2D eigenvalue weighted by atomic mass is 16.8. The van der Waals surface area contributed by atoms with Gasteiger partial charge >= 0.3 is 0 Å². The molecule has 0 aromatic carbocycles. The van der Waals surface area contributed by atoms with Crippen molar-refractivity contribution >= 4 is 0 Å². The lowest BCUT2D eigenvalue weighted by molar-refractivity contribution is -0.369. The first kappa shape index (κ1) is 25.1. The van der Waals surface area contributed by atoms with Gasteiger partial charge in [0.2, 0.25) is 0 Å². The normalized spacial score (nSPS) is 51.6. The third-order valence-corrected chi connectivity index (χ3v) is 5.81. The van der Waals surface area contributed by atoms with Crippen LogP contribution >= 0.6 is 0 Å². The second-order valence-electron chi connectivity index (χ2n) is 8.12. The van der Waals surface area contributed by atoms with Crippen molar-refractivity contribution < 1.29 is 64.5 Å². The summed E-state index contributed by atoms with van der Waals surface area (Å²) in [7, 11) is 0. The molecule has 3 rings (SSSR count). The number of aliphatic hydroxyl groups is 8. The summed E-state index contributed by atoms with van der Waals surface area (Å²) in [5.74, 6) is 0. The molecule has 13 atom stereocenters. The summed E-state index contributed by atoms with van der Waals surface area (Å²) in [6, 6.07) is 0. The molecule has 3 aliphatic rings. The van der Waals surface area contributed by atoms with Crippen LogP contribution in [-0.2, 0) is 23.7 Å². The summed E-state index contributed by atoms with van der Waals surface area (Å²) in [6.07, 6.45) is -16.4. The molecule has 0 saturated carbocycles. The van der Waals surface area contributed by atoms with E-state index in [-0.39, 0.29) is 12.8 Å². The molecule has 13 nitrogen and oxygen atoms in total. The number of rotatable bonds is 6. The fourth-order valence-corrected chi connectivity index (χ4v) is 3.89. The number of hydrogen-bond acceptors (Lipinski definition) is 13. The average Bonchev–Trinajstić information content (AvgIpc) is 2.73. The zero-order valence-corrected chi connectivity index (χ0v) is 17.0. The Morgan fingerprint density at radius 3 is 2.10 bits per heavy atom. The molecule has 182 valence electrons. The summed E-state index contributed by atoms with van der Waals surface area (Å²) in [4.78, 5) is 0. The molecular weight excluding hydrogens is 424 g/mol. The van der Waals surface area contributed by atoms with Crippen molar-refractivity contribution in [1.82, 2.24) is 0 Å². The Morgan fingerprint density at radius 2 is 1.45 bits per heavy atom. The third-order valence-electron chi connectivity index (χ3n) is 5.81. The van der Waals surface area contributed by atoms with Crippen molar-refractivity contribution in [2.75, 3.05) is 13.2 Å². The van der Waals surface area contributed by atoms with Crippen molar-refractivity contribution in [3.63, 3.8) is 0 Å². The molecule has 8 N–H and O–H groups in total. The topological polar surface area (TPSA) is 208 Å². The van der Waals surface area contributed by atoms with E-state index in [1.807, 2.05) is 0 Å². The predicted molar refractivity (Wildman–Crippen MR) is 97.1 cm³/mol. The molecule has 0 aromatic heterocycles. The van der Waals surface area contributed by atoms with E-state index < -0.39 is 93.1 Å². The van der Waals surface area contributed by atoms with Crippen LogP contribution in [0.5, 0.6) is 0 Å². The molecule has 0 spiro atoms. The molecule has 31 heavy (non-hydrogen) atoms. The summed E-state index contributed by atoms with van der Waals surface area (Å²) in [6.45, 7) is 0.500. The minimum absolute atomic E-state index is 0.000724. The Bertz CT molecular complexity index is 565. The van der Waals surface area contributed by atoms with Crippen molar-refractivity contribution in [2.24, 2.45) is 0 Å². The molecule has 0 unspecified atom stereocenters. The Balaban J connectivity index is 1.74. The van der Waals surface area contributed by atoms with Gasteiger partial charge in [-0.25, -0.2) is 0 Å². The molecule has 13 heteroatoms. The Labute approximate surface area is 178 Å². The summed E-state index contributed by atoms with van der Waals surface area (Å²) < 4.78 is 27.5. The standard InChI is InChI=1S/C18H32O13/c1-6-8(21)3-9(22)17(27-6)29-10-2-7(4-19)28-16(26)15(10)31-18-14(25)13(24)12(23)11(5-20)30-18/h6-26H,2-5H2,1H3/t6-,7+,8-,9-,10+,11-,12+,13+,14+,15+,16+,17-,18-/m1/s1. The molecule has 0 aliphatic carbocycles. The number of hydrogen-bond donors (Lipinski definition) is 8. The van der Waals surface area contributed by atoms with Crippen molar-refractivity contribution in [2.45, 2.75) is 99.7 Å². The molecule has 0 aromatic rings. The van der Waals surface area contributed by atoms with Crippen LogP contribution < -0.4 is 0 Å². The van der Waals surface area contributed by atoms with Crippen LogP contribution in [0.4, 0.5) is 0 Å². The van der Waals surface area contributed by atoms with Crippen LogP contribution in [0.15, 0.2) is 0 Å². The Kier molecular flexibility index (Phi) is 8.59. The van der Waals surface area contributed by atoms with E-state index in [9.17, 15) is 40.9 Å². The first-order valence-corrected chi connectivity index (χ1v) is 10.2. The maximum Gasteiger partial charge on any atom is 0.187 e. The minimum Gasteiger partial charge on any atom is -0.394 e. The summed E-state index contributed by atoms with van der Waals surface area (Å²) >= 11 is 0. The van der Waals surface area contributed by atoms with E-state index in [1.54, 1.807) is 6.92 Å². The van der Waals surface area contributed by atoms with Gasteiger partial charge in [-0.2, -0.15) is 0 Å². The molecule has 0 bridgehead atoms. The lowest BCUT2D eigenvalue weighted by Gasteiger charge is -2.46. The van der Waals surface area contributed by atoms with E-state index >= 15 is 0 Å². The highest BCUT2D eigenvalue weighted by Gasteiger charge is 2.49. The van der Waals surface area contributed by atoms with Gasteiger partial charge in [0.25, 0.3) is 0 Å². The molecule has 3 saturated heterocycles. The van der Waals surface area contributed by atoms with Gasteiger partial charge < -0.3 is 64.5 Å². The van der Waals surface area contributed by atoms with Crippen molar-refractivity contribution in [3.8, 4) is 0 Å². The smallest absolute Gasteiger partial charge is 0.187 e. The predicted octanol–water partition coefficient (Wildman–Crippen LogP) is -4.49. The van der Waals surface area contributed by atoms with Gasteiger partial charge in [0.15, 0.2) is 18.9 Å². The van der Waals surface area contributed by atoms with E-state index in [0.29, 0.717) is 0 Å². The van der Waals surface area contributed by atoms with Gasteiger partial charge in [-0.3, -0.25) is 0 Å². The van der Waals surface area contributed by atoms with Crippen LogP contribution in [0.3, 0.4) is 0 Å². The molecule has 3 aliphatic heterocycles. The van der Waals surface area contributed by atoms with Gasteiger partial charge in [0, 0.05) is 12.8 Å². The van der Waals surface area contributed by atoms with Gasteiger partial charge in [-0.1, -0.05) is 0 Å². The van der Waals surface area contributed by atoms with Crippen LogP contribution in [0.2, 0.25) is 0 Å². The Morgan fingerprint density at radius 1 is 0.742 bits per heavy atom.